The Labute approximate surface area is 126 Å². The molecule has 0 radical (unpaired) electrons. The third-order valence-electron chi connectivity index (χ3n) is 3.63. The van der Waals surface area contributed by atoms with Crippen molar-refractivity contribution >= 4 is 28.9 Å². The minimum absolute atomic E-state index is 0.0803. The van der Waals surface area contributed by atoms with E-state index in [0.29, 0.717) is 5.11 Å². The minimum atomic E-state index is -0.149. The molecule has 0 aliphatic carbocycles. The molecule has 0 saturated carbocycles. The van der Waals surface area contributed by atoms with Gasteiger partial charge < -0.3 is 5.32 Å². The summed E-state index contributed by atoms with van der Waals surface area (Å²) in [6.07, 6.45) is 6.91. The lowest BCUT2D eigenvalue weighted by Gasteiger charge is -2.14. The van der Waals surface area contributed by atoms with Crippen molar-refractivity contribution in [1.82, 2.24) is 5.32 Å². The van der Waals surface area contributed by atoms with Gasteiger partial charge in [-0.25, -0.2) is 0 Å². The summed E-state index contributed by atoms with van der Waals surface area (Å²) in [7, 11) is 0. The van der Waals surface area contributed by atoms with Crippen molar-refractivity contribution < 1.29 is 4.79 Å². The van der Waals surface area contributed by atoms with Crippen molar-refractivity contribution in [2.75, 3.05) is 4.90 Å². The number of rotatable bonds is 7. The molecule has 1 aromatic carbocycles. The molecule has 1 amide bonds. The van der Waals surface area contributed by atoms with Crippen LogP contribution in [0.25, 0.3) is 0 Å². The van der Waals surface area contributed by atoms with E-state index in [-0.39, 0.29) is 11.9 Å². The van der Waals surface area contributed by atoms with Crippen molar-refractivity contribution in [3.63, 3.8) is 0 Å². The highest BCUT2D eigenvalue weighted by molar-refractivity contribution is 7.80. The predicted octanol–water partition coefficient (Wildman–Crippen LogP) is 3.64. The molecule has 1 aliphatic rings. The molecule has 1 heterocycles. The van der Waals surface area contributed by atoms with Crippen LogP contribution in [0, 0.1) is 0 Å². The molecule has 108 valence electrons. The quantitative estimate of drug-likeness (QED) is 0.614. The molecule has 1 N–H and O–H groups in total. The van der Waals surface area contributed by atoms with Crippen LogP contribution in [-0.2, 0) is 4.79 Å². The van der Waals surface area contributed by atoms with Gasteiger partial charge in [0.1, 0.15) is 6.04 Å². The number of carbonyl (C=O) groups excluding carboxylic acids is 1. The Hall–Kier alpha value is -1.42. The van der Waals surface area contributed by atoms with E-state index >= 15 is 0 Å². The van der Waals surface area contributed by atoms with Crippen LogP contribution >= 0.6 is 12.2 Å². The van der Waals surface area contributed by atoms with Gasteiger partial charge in [0.15, 0.2) is 5.11 Å². The summed E-state index contributed by atoms with van der Waals surface area (Å²) >= 11 is 5.29. The fourth-order valence-electron chi connectivity index (χ4n) is 2.50. The lowest BCUT2D eigenvalue weighted by molar-refractivity contribution is -0.118. The van der Waals surface area contributed by atoms with Crippen molar-refractivity contribution in [3.8, 4) is 0 Å². The normalized spacial score (nSPS) is 18.4. The number of nitrogens with zero attached hydrogens (tertiary/aromatic N) is 1. The number of hydrogen-bond acceptors (Lipinski definition) is 2. The molecule has 1 atom stereocenters. The molecular formula is C16H22N2OS. The van der Waals surface area contributed by atoms with Crippen molar-refractivity contribution in [2.24, 2.45) is 0 Å². The summed E-state index contributed by atoms with van der Waals surface area (Å²) in [5.41, 5.74) is 0.850. The van der Waals surface area contributed by atoms with Gasteiger partial charge in [0.05, 0.1) is 5.69 Å². The number of amides is 1. The van der Waals surface area contributed by atoms with Gasteiger partial charge in [0, 0.05) is 0 Å². The second kappa shape index (κ2) is 7.39. The maximum atomic E-state index is 12.4. The highest BCUT2D eigenvalue weighted by atomic mass is 32.1. The smallest absolute Gasteiger partial charge is 0.255 e. The van der Waals surface area contributed by atoms with Gasteiger partial charge in [-0.1, -0.05) is 57.2 Å². The third-order valence-corrected chi connectivity index (χ3v) is 3.93. The van der Waals surface area contributed by atoms with Gasteiger partial charge in [-0.2, -0.15) is 0 Å². The van der Waals surface area contributed by atoms with Gasteiger partial charge in [0.2, 0.25) is 0 Å². The van der Waals surface area contributed by atoms with Crippen LogP contribution in [0.15, 0.2) is 30.3 Å². The van der Waals surface area contributed by atoms with Gasteiger partial charge in [-0.15, -0.1) is 0 Å². The number of para-hydroxylation sites is 1. The standard InChI is InChI=1S/C16H22N2OS/c1-2-3-4-5-9-12-14-15(19)18(16(20)17-14)13-10-7-6-8-11-13/h6-8,10-11,14H,2-5,9,12H2,1H3,(H,17,20)/t14-/m0/s1. The first kappa shape index (κ1) is 15.0. The van der Waals surface area contributed by atoms with E-state index in [9.17, 15) is 4.79 Å². The second-order valence-electron chi connectivity index (χ2n) is 5.21. The molecule has 1 aromatic rings. The summed E-state index contributed by atoms with van der Waals surface area (Å²) in [6, 6.07) is 9.45. The average Bonchev–Trinajstić information content (AvgIpc) is 2.74. The summed E-state index contributed by atoms with van der Waals surface area (Å²) in [5.74, 6) is 0.0803. The molecular weight excluding hydrogens is 268 g/mol. The molecule has 0 bridgehead atoms. The fraction of sp³-hybridized carbons (Fsp3) is 0.500. The number of anilines is 1. The number of hydrogen-bond donors (Lipinski definition) is 1. The molecule has 1 saturated heterocycles. The fourth-order valence-corrected chi connectivity index (χ4v) is 2.84. The van der Waals surface area contributed by atoms with Crippen LogP contribution in [0.3, 0.4) is 0 Å². The Morgan fingerprint density at radius 3 is 2.55 bits per heavy atom. The number of thiocarbonyl (C=S) groups is 1. The summed E-state index contributed by atoms with van der Waals surface area (Å²) in [6.45, 7) is 2.21. The van der Waals surface area contributed by atoms with Gasteiger partial charge in [-0.05, 0) is 30.8 Å². The molecule has 4 heteroatoms. The lowest BCUT2D eigenvalue weighted by atomic mass is 10.1. The zero-order valence-electron chi connectivity index (χ0n) is 12.0. The largest absolute Gasteiger partial charge is 0.350 e. The monoisotopic (exact) mass is 290 g/mol. The lowest BCUT2D eigenvalue weighted by Crippen LogP contribution is -2.31. The first-order valence-electron chi connectivity index (χ1n) is 7.43. The van der Waals surface area contributed by atoms with Crippen LogP contribution < -0.4 is 10.2 Å². The molecule has 0 spiro atoms. The SMILES string of the molecule is CCCCCCC[C@@H]1NC(=S)N(c2ccccc2)C1=O. The first-order chi connectivity index (χ1) is 9.74. The number of nitrogens with one attached hydrogen (secondary N) is 1. The Morgan fingerprint density at radius 1 is 1.15 bits per heavy atom. The maximum absolute atomic E-state index is 12.4. The number of carbonyl (C=O) groups is 1. The predicted molar refractivity (Wildman–Crippen MR) is 86.8 cm³/mol. The van der Waals surface area contributed by atoms with E-state index < -0.39 is 0 Å². The van der Waals surface area contributed by atoms with Crippen LogP contribution in [0.5, 0.6) is 0 Å². The van der Waals surface area contributed by atoms with E-state index in [1.807, 2.05) is 30.3 Å². The van der Waals surface area contributed by atoms with Crippen LogP contribution in [0.2, 0.25) is 0 Å². The number of unbranched alkanes of at least 4 members (excludes halogenated alkanes) is 4. The summed E-state index contributed by atoms with van der Waals surface area (Å²) in [5, 5.41) is 3.68. The minimum Gasteiger partial charge on any atom is -0.350 e. The van der Waals surface area contributed by atoms with Crippen LogP contribution in [0.1, 0.15) is 45.4 Å². The van der Waals surface area contributed by atoms with Crippen LogP contribution in [0.4, 0.5) is 5.69 Å². The molecule has 1 fully saturated rings. The van der Waals surface area contributed by atoms with Crippen molar-refractivity contribution in [2.45, 2.75) is 51.5 Å². The van der Waals surface area contributed by atoms with E-state index in [1.165, 1.54) is 25.7 Å². The Balaban J connectivity index is 1.89. The zero-order chi connectivity index (χ0) is 14.4. The molecule has 20 heavy (non-hydrogen) atoms. The summed E-state index contributed by atoms with van der Waals surface area (Å²) < 4.78 is 0. The first-order valence-corrected chi connectivity index (χ1v) is 7.84. The third kappa shape index (κ3) is 3.57. The van der Waals surface area contributed by atoms with Crippen molar-refractivity contribution in [3.05, 3.63) is 30.3 Å². The van der Waals surface area contributed by atoms with E-state index in [2.05, 4.69) is 12.2 Å². The summed E-state index contributed by atoms with van der Waals surface area (Å²) in [4.78, 5) is 14.0. The highest BCUT2D eigenvalue weighted by Crippen LogP contribution is 2.21. The van der Waals surface area contributed by atoms with Crippen LogP contribution in [-0.4, -0.2) is 17.1 Å². The maximum Gasteiger partial charge on any atom is 0.255 e. The highest BCUT2D eigenvalue weighted by Gasteiger charge is 2.35. The van der Waals surface area contributed by atoms with E-state index in [1.54, 1.807) is 4.90 Å². The Morgan fingerprint density at radius 2 is 1.85 bits per heavy atom. The van der Waals surface area contributed by atoms with Gasteiger partial charge >= 0.3 is 0 Å². The van der Waals surface area contributed by atoms with Crippen molar-refractivity contribution in [1.29, 1.82) is 0 Å². The molecule has 0 aromatic heterocycles. The molecule has 3 nitrogen and oxygen atoms in total. The van der Waals surface area contributed by atoms with Gasteiger partial charge in [-0.3, -0.25) is 9.69 Å². The Kier molecular flexibility index (Phi) is 5.53. The van der Waals surface area contributed by atoms with E-state index in [0.717, 1.165) is 18.5 Å². The van der Waals surface area contributed by atoms with Gasteiger partial charge in [0.25, 0.3) is 5.91 Å². The second-order valence-corrected chi connectivity index (χ2v) is 5.60. The molecule has 0 unspecified atom stereocenters. The molecule has 1 aliphatic heterocycles. The van der Waals surface area contributed by atoms with E-state index in [4.69, 9.17) is 12.2 Å². The average molecular weight is 290 g/mol. The number of benzene rings is 1. The zero-order valence-corrected chi connectivity index (χ0v) is 12.8. The molecule has 2 rings (SSSR count). The Bertz CT molecular complexity index is 461. The topological polar surface area (TPSA) is 32.3 Å².